The molecule has 0 amide bonds. The number of nitrogens with one attached hydrogen (secondary N) is 1. The van der Waals surface area contributed by atoms with Gasteiger partial charge < -0.3 is 5.32 Å². The Balaban J connectivity index is 2.47. The molecule has 0 aliphatic heterocycles. The summed E-state index contributed by atoms with van der Waals surface area (Å²) in [5.41, 5.74) is 0. The second-order valence-electron chi connectivity index (χ2n) is 3.27. The van der Waals surface area contributed by atoms with Crippen molar-refractivity contribution in [1.82, 2.24) is 5.32 Å². The molecule has 0 saturated heterocycles. The molecule has 2 heteroatoms. The first kappa shape index (κ1) is 10.7. The van der Waals surface area contributed by atoms with Crippen molar-refractivity contribution >= 4 is 11.3 Å². The molecule has 0 bridgehead atoms. The summed E-state index contributed by atoms with van der Waals surface area (Å²) in [6, 6.07) is 4.95. The highest BCUT2D eigenvalue weighted by atomic mass is 32.1. The van der Waals surface area contributed by atoms with Gasteiger partial charge in [-0.3, -0.25) is 0 Å². The van der Waals surface area contributed by atoms with Gasteiger partial charge in [-0.2, -0.15) is 0 Å². The third kappa shape index (κ3) is 3.49. The maximum atomic E-state index is 3.53. The third-order valence-corrected chi connectivity index (χ3v) is 3.17. The van der Waals surface area contributed by atoms with Crippen LogP contribution in [-0.2, 0) is 0 Å². The molecule has 0 aromatic carbocycles. The lowest BCUT2D eigenvalue weighted by Gasteiger charge is -2.15. The molecule has 1 N–H and O–H groups in total. The molecule has 1 rings (SSSR count). The van der Waals surface area contributed by atoms with Crippen molar-refractivity contribution in [2.24, 2.45) is 0 Å². The Morgan fingerprint density at radius 3 is 2.85 bits per heavy atom. The van der Waals surface area contributed by atoms with Gasteiger partial charge in [-0.1, -0.05) is 32.8 Å². The minimum Gasteiger partial charge on any atom is -0.310 e. The van der Waals surface area contributed by atoms with Crippen LogP contribution >= 0.6 is 11.3 Å². The number of hydrogen-bond donors (Lipinski definition) is 1. The molecule has 0 aliphatic carbocycles. The molecule has 0 saturated carbocycles. The van der Waals surface area contributed by atoms with Gasteiger partial charge in [0, 0.05) is 10.9 Å². The highest BCUT2D eigenvalue weighted by molar-refractivity contribution is 7.10. The van der Waals surface area contributed by atoms with E-state index in [-0.39, 0.29) is 0 Å². The molecule has 0 radical (unpaired) electrons. The molecule has 0 spiro atoms. The molecule has 74 valence electrons. The van der Waals surface area contributed by atoms with E-state index in [0.29, 0.717) is 6.04 Å². The Morgan fingerprint density at radius 1 is 1.46 bits per heavy atom. The molecular weight excluding hydrogens is 178 g/mol. The van der Waals surface area contributed by atoms with Gasteiger partial charge in [-0.15, -0.1) is 11.3 Å². The standard InChI is InChI=1S/C11H19NS/c1-3-5-7-10(12-4-2)11-8-6-9-13-11/h6,8-10,12H,3-5,7H2,1-2H3. The van der Waals surface area contributed by atoms with E-state index in [1.165, 1.54) is 24.1 Å². The van der Waals surface area contributed by atoms with E-state index in [1.54, 1.807) is 0 Å². The average Bonchev–Trinajstić information content (AvgIpc) is 2.65. The van der Waals surface area contributed by atoms with Crippen LogP contribution in [0.1, 0.15) is 44.0 Å². The summed E-state index contributed by atoms with van der Waals surface area (Å²) in [5.74, 6) is 0. The maximum Gasteiger partial charge on any atom is 0.0414 e. The molecule has 0 fully saturated rings. The lowest BCUT2D eigenvalue weighted by atomic mass is 10.1. The van der Waals surface area contributed by atoms with Gasteiger partial charge in [0.1, 0.15) is 0 Å². The number of hydrogen-bond acceptors (Lipinski definition) is 2. The molecule has 1 nitrogen and oxygen atoms in total. The molecule has 1 heterocycles. The van der Waals surface area contributed by atoms with Gasteiger partial charge in [0.05, 0.1) is 0 Å². The quantitative estimate of drug-likeness (QED) is 0.735. The van der Waals surface area contributed by atoms with Crippen molar-refractivity contribution in [3.05, 3.63) is 22.4 Å². The summed E-state index contributed by atoms with van der Waals surface area (Å²) in [4.78, 5) is 1.48. The fourth-order valence-electron chi connectivity index (χ4n) is 1.49. The Hall–Kier alpha value is -0.340. The van der Waals surface area contributed by atoms with Gasteiger partial charge >= 0.3 is 0 Å². The molecule has 13 heavy (non-hydrogen) atoms. The first-order valence-corrected chi connectivity index (χ1v) is 6.03. The summed E-state index contributed by atoms with van der Waals surface area (Å²) in [6.07, 6.45) is 3.87. The van der Waals surface area contributed by atoms with E-state index in [2.05, 4.69) is 36.7 Å². The van der Waals surface area contributed by atoms with Crippen LogP contribution in [0.3, 0.4) is 0 Å². The fraction of sp³-hybridized carbons (Fsp3) is 0.636. The third-order valence-electron chi connectivity index (χ3n) is 2.18. The predicted molar refractivity (Wildman–Crippen MR) is 60.3 cm³/mol. The van der Waals surface area contributed by atoms with Crippen molar-refractivity contribution in [2.45, 2.75) is 39.2 Å². The van der Waals surface area contributed by atoms with E-state index in [9.17, 15) is 0 Å². The molecule has 1 aromatic heterocycles. The molecule has 1 unspecified atom stereocenters. The van der Waals surface area contributed by atoms with Crippen LogP contribution in [0.2, 0.25) is 0 Å². The Labute approximate surface area is 85.2 Å². The summed E-state index contributed by atoms with van der Waals surface area (Å²) >= 11 is 1.86. The van der Waals surface area contributed by atoms with Crippen LogP contribution in [0.25, 0.3) is 0 Å². The van der Waals surface area contributed by atoms with E-state index in [1.807, 2.05) is 11.3 Å². The van der Waals surface area contributed by atoms with Crippen molar-refractivity contribution in [1.29, 1.82) is 0 Å². The van der Waals surface area contributed by atoms with Gasteiger partial charge in [0.2, 0.25) is 0 Å². The van der Waals surface area contributed by atoms with Gasteiger partial charge in [-0.05, 0) is 24.4 Å². The summed E-state index contributed by atoms with van der Waals surface area (Å²) < 4.78 is 0. The second kappa shape index (κ2) is 6.17. The Kier molecular flexibility index (Phi) is 5.09. The minimum absolute atomic E-state index is 0.588. The zero-order valence-corrected chi connectivity index (χ0v) is 9.36. The van der Waals surface area contributed by atoms with E-state index in [0.717, 1.165) is 6.54 Å². The van der Waals surface area contributed by atoms with Gasteiger partial charge in [0.15, 0.2) is 0 Å². The molecule has 1 aromatic rings. The largest absolute Gasteiger partial charge is 0.310 e. The molecule has 1 atom stereocenters. The zero-order valence-electron chi connectivity index (χ0n) is 8.55. The lowest BCUT2D eigenvalue weighted by Crippen LogP contribution is -2.19. The summed E-state index contributed by atoms with van der Waals surface area (Å²) in [5, 5.41) is 5.69. The van der Waals surface area contributed by atoms with Crippen molar-refractivity contribution < 1.29 is 0 Å². The number of rotatable bonds is 6. The average molecular weight is 197 g/mol. The fourth-order valence-corrected chi connectivity index (χ4v) is 2.33. The van der Waals surface area contributed by atoms with Gasteiger partial charge in [-0.25, -0.2) is 0 Å². The first-order valence-electron chi connectivity index (χ1n) is 5.15. The highest BCUT2D eigenvalue weighted by Crippen LogP contribution is 2.23. The van der Waals surface area contributed by atoms with Crippen LogP contribution in [-0.4, -0.2) is 6.54 Å². The van der Waals surface area contributed by atoms with Crippen molar-refractivity contribution in [3.8, 4) is 0 Å². The summed E-state index contributed by atoms with van der Waals surface area (Å²) in [7, 11) is 0. The molecular formula is C11H19NS. The van der Waals surface area contributed by atoms with Crippen molar-refractivity contribution in [3.63, 3.8) is 0 Å². The first-order chi connectivity index (χ1) is 6.38. The van der Waals surface area contributed by atoms with Crippen LogP contribution in [0.5, 0.6) is 0 Å². The van der Waals surface area contributed by atoms with Crippen LogP contribution in [0.15, 0.2) is 17.5 Å². The van der Waals surface area contributed by atoms with Crippen LogP contribution in [0.4, 0.5) is 0 Å². The smallest absolute Gasteiger partial charge is 0.0414 e. The summed E-state index contributed by atoms with van der Waals surface area (Å²) in [6.45, 7) is 5.48. The lowest BCUT2D eigenvalue weighted by molar-refractivity contribution is 0.501. The SMILES string of the molecule is CCCCC(NCC)c1cccs1. The monoisotopic (exact) mass is 197 g/mol. The minimum atomic E-state index is 0.588. The second-order valence-corrected chi connectivity index (χ2v) is 4.25. The number of thiophene rings is 1. The Bertz CT molecular complexity index is 206. The topological polar surface area (TPSA) is 12.0 Å². The van der Waals surface area contributed by atoms with E-state index >= 15 is 0 Å². The van der Waals surface area contributed by atoms with Crippen LogP contribution in [0, 0.1) is 0 Å². The normalized spacial score (nSPS) is 13.1. The Morgan fingerprint density at radius 2 is 2.31 bits per heavy atom. The van der Waals surface area contributed by atoms with Crippen molar-refractivity contribution in [2.75, 3.05) is 6.54 Å². The maximum absolute atomic E-state index is 3.53. The van der Waals surface area contributed by atoms with E-state index < -0.39 is 0 Å². The van der Waals surface area contributed by atoms with E-state index in [4.69, 9.17) is 0 Å². The van der Waals surface area contributed by atoms with Crippen LogP contribution < -0.4 is 5.32 Å². The number of unbranched alkanes of at least 4 members (excludes halogenated alkanes) is 1. The molecule has 0 aliphatic rings. The predicted octanol–water partition coefficient (Wildman–Crippen LogP) is 3.59. The highest BCUT2D eigenvalue weighted by Gasteiger charge is 2.09. The van der Waals surface area contributed by atoms with Gasteiger partial charge in [0.25, 0.3) is 0 Å². The zero-order chi connectivity index (χ0) is 9.52.